The van der Waals surface area contributed by atoms with Crippen molar-refractivity contribution in [3.63, 3.8) is 0 Å². The molecule has 8 nitrogen and oxygen atoms in total. The molecule has 1 saturated heterocycles. The highest BCUT2D eigenvalue weighted by Crippen LogP contribution is 2.69. The summed E-state index contributed by atoms with van der Waals surface area (Å²) in [7, 11) is 0. The highest BCUT2D eigenvalue weighted by molar-refractivity contribution is 9.10. The van der Waals surface area contributed by atoms with Crippen LogP contribution in [0.3, 0.4) is 0 Å². The Morgan fingerprint density at radius 2 is 1.78 bits per heavy atom. The molecule has 49 heavy (non-hydrogen) atoms. The number of nitrogens with one attached hydrogen (secondary N) is 2. The summed E-state index contributed by atoms with van der Waals surface area (Å²) in [5, 5.41) is 3.39. The summed E-state index contributed by atoms with van der Waals surface area (Å²) >= 11 is 6.17. The molecule has 2 saturated carbocycles. The number of carbonyl (C=O) groups is 3. The average molecular weight is 771 g/mol. The molecule has 7 atom stereocenters. The second kappa shape index (κ2) is 11.9. The second-order valence-electron chi connectivity index (χ2n) is 12.9. The van der Waals surface area contributed by atoms with Crippen molar-refractivity contribution >= 4 is 68.1 Å². The minimum absolute atomic E-state index is 0.0825. The number of amides is 3. The van der Waals surface area contributed by atoms with Gasteiger partial charge in [0, 0.05) is 31.8 Å². The standard InChI is InChI=1S/C35H27BrF3N3O5S2/c1-15-4-2-6-18(10-15)40-24(43)14-47-23-9-8-17(36)12-20(23)25-26-21-13-22(29(26)48-31-30(25)49-34(46)41-31)28-27(21)32(44)42(33(28)45)19-7-3-5-16(11-19)35(37,38)39/h2-12,21-22,25-29H,13-14H2,1H3,(H,40,43)(H,41,46)/t21?,22?,25-,26?,27?,28?,29?/m1/s1. The number of ether oxygens (including phenoxy) is 1. The molecule has 3 heterocycles. The van der Waals surface area contributed by atoms with Crippen LogP contribution in [0.5, 0.6) is 5.75 Å². The maximum absolute atomic E-state index is 14.1. The van der Waals surface area contributed by atoms with Crippen molar-refractivity contribution in [2.24, 2.45) is 29.6 Å². The topological polar surface area (TPSA) is 109 Å². The van der Waals surface area contributed by atoms with Gasteiger partial charge in [0.25, 0.3) is 5.91 Å². The number of aryl methyl sites for hydroxylation is 1. The van der Waals surface area contributed by atoms with E-state index in [9.17, 15) is 32.3 Å². The van der Waals surface area contributed by atoms with Gasteiger partial charge in [-0.2, -0.15) is 13.2 Å². The van der Waals surface area contributed by atoms with Crippen LogP contribution >= 0.6 is 39.0 Å². The average Bonchev–Trinajstić information content (AvgIpc) is 3.78. The zero-order chi connectivity index (χ0) is 34.4. The Labute approximate surface area is 294 Å². The highest BCUT2D eigenvalue weighted by Gasteiger charge is 2.70. The zero-order valence-corrected chi connectivity index (χ0v) is 28.8. The number of alkyl halides is 3. The van der Waals surface area contributed by atoms with Crippen LogP contribution in [0.4, 0.5) is 24.5 Å². The van der Waals surface area contributed by atoms with Crippen molar-refractivity contribution in [2.45, 2.75) is 35.7 Å². The van der Waals surface area contributed by atoms with E-state index in [-0.39, 0.29) is 46.1 Å². The van der Waals surface area contributed by atoms with Crippen LogP contribution in [0.1, 0.15) is 33.9 Å². The summed E-state index contributed by atoms with van der Waals surface area (Å²) in [5.41, 5.74) is 1.36. The van der Waals surface area contributed by atoms with Crippen LogP contribution in [0, 0.1) is 36.5 Å². The van der Waals surface area contributed by atoms with Crippen LogP contribution in [-0.4, -0.2) is 34.6 Å². The third kappa shape index (κ3) is 5.42. The number of anilines is 2. The maximum atomic E-state index is 14.1. The first-order valence-corrected chi connectivity index (χ1v) is 18.1. The van der Waals surface area contributed by atoms with Crippen LogP contribution < -0.4 is 19.8 Å². The first-order valence-electron chi connectivity index (χ1n) is 15.6. The van der Waals surface area contributed by atoms with E-state index in [0.29, 0.717) is 22.9 Å². The van der Waals surface area contributed by atoms with Gasteiger partial charge in [-0.05, 0) is 85.2 Å². The molecule has 2 bridgehead atoms. The van der Waals surface area contributed by atoms with Gasteiger partial charge in [-0.25, -0.2) is 0 Å². The minimum atomic E-state index is -4.63. The van der Waals surface area contributed by atoms with E-state index in [1.165, 1.54) is 23.9 Å². The van der Waals surface area contributed by atoms with Crippen molar-refractivity contribution < 1.29 is 32.3 Å². The lowest BCUT2D eigenvalue weighted by molar-refractivity contribution is -0.137. The number of fused-ring (bicyclic) bond motifs is 9. The van der Waals surface area contributed by atoms with E-state index in [1.54, 1.807) is 18.2 Å². The molecule has 4 aliphatic rings. The fourth-order valence-electron chi connectivity index (χ4n) is 8.40. The number of benzene rings is 3. The van der Waals surface area contributed by atoms with Gasteiger partial charge in [0.15, 0.2) is 6.61 Å². The van der Waals surface area contributed by atoms with Gasteiger partial charge in [0.05, 0.1) is 28.1 Å². The first kappa shape index (κ1) is 32.3. The summed E-state index contributed by atoms with van der Waals surface area (Å²) in [6.07, 6.45) is -4.03. The lowest BCUT2D eigenvalue weighted by Gasteiger charge is -2.43. The number of thiazole rings is 1. The van der Waals surface area contributed by atoms with E-state index in [2.05, 4.69) is 26.2 Å². The predicted molar refractivity (Wildman–Crippen MR) is 182 cm³/mol. The number of rotatable bonds is 6. The molecule has 2 aliphatic heterocycles. The van der Waals surface area contributed by atoms with Crippen molar-refractivity contribution in [2.75, 3.05) is 16.8 Å². The van der Waals surface area contributed by atoms with Crippen LogP contribution in [0.15, 0.2) is 81.0 Å². The summed E-state index contributed by atoms with van der Waals surface area (Å²) in [5.74, 6) is -3.34. The van der Waals surface area contributed by atoms with Gasteiger partial charge in [-0.1, -0.05) is 45.5 Å². The van der Waals surface area contributed by atoms with E-state index in [0.717, 1.165) is 48.8 Å². The van der Waals surface area contributed by atoms with Gasteiger partial charge in [-0.15, -0.1) is 11.8 Å². The third-order valence-corrected chi connectivity index (χ3v) is 13.2. The van der Waals surface area contributed by atoms with Crippen LogP contribution in [0.2, 0.25) is 0 Å². The van der Waals surface area contributed by atoms with E-state index >= 15 is 0 Å². The normalized spacial score (nSPS) is 26.8. The Kier molecular flexibility index (Phi) is 7.83. The molecule has 4 aromatic rings. The Morgan fingerprint density at radius 3 is 2.53 bits per heavy atom. The third-order valence-electron chi connectivity index (χ3n) is 10.1. The largest absolute Gasteiger partial charge is 0.483 e. The SMILES string of the molecule is Cc1cccc(NC(=O)COc2ccc(Br)cc2[C@H]2c3sc(=O)[nH]c3SC3C4CC(C5C(=O)N(c6cccc(C(F)(F)F)c6)C(=O)C45)C32)c1. The lowest BCUT2D eigenvalue weighted by atomic mass is 9.68. The molecule has 2 aliphatic carbocycles. The Morgan fingerprint density at radius 1 is 1.02 bits per heavy atom. The number of aromatic nitrogens is 1. The summed E-state index contributed by atoms with van der Waals surface area (Å²) in [6, 6.07) is 17.2. The molecule has 6 unspecified atom stereocenters. The first-order chi connectivity index (χ1) is 23.4. The molecule has 14 heteroatoms. The molecule has 252 valence electrons. The number of hydrogen-bond acceptors (Lipinski definition) is 7. The molecule has 3 amide bonds. The van der Waals surface area contributed by atoms with Crippen molar-refractivity contribution in [1.82, 2.24) is 4.98 Å². The van der Waals surface area contributed by atoms with Crippen LogP contribution in [0.25, 0.3) is 0 Å². The summed E-state index contributed by atoms with van der Waals surface area (Å²) in [4.78, 5) is 58.1. The molecule has 8 rings (SSSR count). The smallest absolute Gasteiger partial charge is 0.416 e. The fraction of sp³-hybridized carbons (Fsp3) is 0.314. The number of nitrogens with zero attached hydrogens (tertiary/aromatic N) is 1. The highest BCUT2D eigenvalue weighted by atomic mass is 79.9. The molecule has 3 fully saturated rings. The number of H-pyrrole nitrogens is 1. The predicted octanol–water partition coefficient (Wildman–Crippen LogP) is 7.22. The Bertz CT molecular complexity index is 2100. The van der Waals surface area contributed by atoms with Gasteiger partial charge in [0.2, 0.25) is 11.8 Å². The summed E-state index contributed by atoms with van der Waals surface area (Å²) < 4.78 is 47.6. The Hall–Kier alpha value is -3.88. The molecule has 0 spiro atoms. The van der Waals surface area contributed by atoms with E-state index in [1.807, 2.05) is 31.2 Å². The fourth-order valence-corrected chi connectivity index (χ4v) is 11.7. The lowest BCUT2D eigenvalue weighted by Crippen LogP contribution is -2.42. The van der Waals surface area contributed by atoms with Gasteiger partial charge >= 0.3 is 11.0 Å². The molecular formula is C35H27BrF3N3O5S2. The monoisotopic (exact) mass is 769 g/mol. The Balaban J connectivity index is 1.14. The maximum Gasteiger partial charge on any atom is 0.416 e. The molecule has 2 N–H and O–H groups in total. The van der Waals surface area contributed by atoms with Crippen molar-refractivity contribution in [3.8, 4) is 5.75 Å². The van der Waals surface area contributed by atoms with Gasteiger partial charge < -0.3 is 15.0 Å². The zero-order valence-electron chi connectivity index (χ0n) is 25.6. The number of aromatic amines is 1. The minimum Gasteiger partial charge on any atom is -0.483 e. The number of carbonyl (C=O) groups excluding carboxylic acids is 3. The van der Waals surface area contributed by atoms with Crippen molar-refractivity contribution in [1.29, 1.82) is 0 Å². The van der Waals surface area contributed by atoms with Crippen molar-refractivity contribution in [3.05, 3.63) is 102 Å². The number of halogens is 4. The summed E-state index contributed by atoms with van der Waals surface area (Å²) in [6.45, 7) is 1.65. The quantitative estimate of drug-likeness (QED) is 0.201. The molecule has 1 aromatic heterocycles. The van der Waals surface area contributed by atoms with Crippen LogP contribution in [-0.2, 0) is 20.6 Å². The number of thioether (sulfide) groups is 1. The van der Waals surface area contributed by atoms with E-state index < -0.39 is 41.3 Å². The number of imide groups is 1. The van der Waals surface area contributed by atoms with Gasteiger partial charge in [-0.3, -0.25) is 24.1 Å². The molecular weight excluding hydrogens is 743 g/mol. The molecule has 0 radical (unpaired) electrons. The second-order valence-corrected chi connectivity index (χ2v) is 16.0. The van der Waals surface area contributed by atoms with E-state index in [4.69, 9.17) is 4.74 Å². The number of hydrogen-bond donors (Lipinski definition) is 2. The molecule has 3 aromatic carbocycles. The van der Waals surface area contributed by atoms with Gasteiger partial charge in [0.1, 0.15) is 5.75 Å².